The zero-order valence-corrected chi connectivity index (χ0v) is 13.0. The van der Waals surface area contributed by atoms with Gasteiger partial charge in [-0.25, -0.2) is 0 Å². The number of hydrogen-bond donors (Lipinski definition) is 0. The predicted molar refractivity (Wildman–Crippen MR) is 76.7 cm³/mol. The first-order chi connectivity index (χ1) is 8.74. The number of ether oxygens (including phenoxy) is 2. The van der Waals surface area contributed by atoms with Gasteiger partial charge < -0.3 is 9.47 Å². The van der Waals surface area contributed by atoms with Crippen LogP contribution < -0.4 is 4.74 Å². The molecule has 0 heterocycles. The summed E-state index contributed by atoms with van der Waals surface area (Å²) < 4.78 is 10.3. The molecule has 0 aliphatic carbocycles. The number of carbonyl (C=O) groups excluding carboxylic acids is 1. The predicted octanol–water partition coefficient (Wildman–Crippen LogP) is 3.36. The third kappa shape index (κ3) is 3.09. The third-order valence-corrected chi connectivity index (χ3v) is 3.71. The van der Waals surface area contributed by atoms with Gasteiger partial charge in [0.1, 0.15) is 5.75 Å². The Morgan fingerprint density at radius 1 is 1.16 bits per heavy atom. The first-order valence-corrected chi connectivity index (χ1v) is 6.46. The summed E-state index contributed by atoms with van der Waals surface area (Å²) in [6.07, 6.45) is 0.664. The van der Waals surface area contributed by atoms with E-state index in [4.69, 9.17) is 9.47 Å². The van der Waals surface area contributed by atoms with E-state index in [0.717, 1.165) is 16.9 Å². The Kier molecular flexibility index (Phi) is 4.61. The smallest absolute Gasteiger partial charge is 0.311 e. The van der Waals surface area contributed by atoms with Crippen LogP contribution in [0.2, 0.25) is 0 Å². The first-order valence-electron chi connectivity index (χ1n) is 6.46. The maximum Gasteiger partial charge on any atom is 0.311 e. The van der Waals surface area contributed by atoms with E-state index >= 15 is 0 Å². The summed E-state index contributed by atoms with van der Waals surface area (Å²) in [7, 11) is 3.12. The van der Waals surface area contributed by atoms with Gasteiger partial charge in [-0.1, -0.05) is 6.07 Å². The molecule has 106 valence electrons. The number of esters is 1. The SMILES string of the molecule is COC(=O)C(C)(C)Cc1cc(C)c(OC)c(C)c1C. The molecule has 19 heavy (non-hydrogen) atoms. The van der Waals surface area contributed by atoms with Gasteiger partial charge in [-0.05, 0) is 63.3 Å². The number of carbonyl (C=O) groups is 1. The van der Waals surface area contributed by atoms with E-state index in [1.807, 2.05) is 20.8 Å². The largest absolute Gasteiger partial charge is 0.496 e. The fraction of sp³-hybridized carbons (Fsp3) is 0.562. The molecule has 3 heteroatoms. The summed E-state index contributed by atoms with van der Waals surface area (Å²) in [4.78, 5) is 11.8. The molecule has 0 aromatic heterocycles. The van der Waals surface area contributed by atoms with Crippen LogP contribution in [0.5, 0.6) is 5.75 Å². The topological polar surface area (TPSA) is 35.5 Å². The van der Waals surface area contributed by atoms with Crippen molar-refractivity contribution in [1.82, 2.24) is 0 Å². The first kappa shape index (κ1) is 15.5. The Morgan fingerprint density at radius 2 is 1.74 bits per heavy atom. The van der Waals surface area contributed by atoms with E-state index in [1.165, 1.54) is 18.2 Å². The van der Waals surface area contributed by atoms with E-state index in [9.17, 15) is 4.79 Å². The van der Waals surface area contributed by atoms with Crippen molar-refractivity contribution in [3.05, 3.63) is 28.3 Å². The molecule has 0 saturated heterocycles. The Labute approximate surface area is 115 Å². The highest BCUT2D eigenvalue weighted by Crippen LogP contribution is 2.32. The Balaban J connectivity index is 3.20. The van der Waals surface area contributed by atoms with E-state index < -0.39 is 5.41 Å². The number of benzene rings is 1. The molecular weight excluding hydrogens is 240 g/mol. The van der Waals surface area contributed by atoms with E-state index in [2.05, 4.69) is 19.9 Å². The van der Waals surface area contributed by atoms with Gasteiger partial charge in [0, 0.05) is 0 Å². The molecular formula is C16H24O3. The molecule has 0 radical (unpaired) electrons. The van der Waals surface area contributed by atoms with Crippen LogP contribution >= 0.6 is 0 Å². The lowest BCUT2D eigenvalue weighted by molar-refractivity contribution is -0.150. The van der Waals surface area contributed by atoms with E-state index in [-0.39, 0.29) is 5.97 Å². The molecule has 1 aromatic carbocycles. The molecule has 0 fully saturated rings. The maximum absolute atomic E-state index is 11.8. The van der Waals surface area contributed by atoms with Gasteiger partial charge in [-0.15, -0.1) is 0 Å². The average Bonchev–Trinajstić information content (AvgIpc) is 2.34. The summed E-state index contributed by atoms with van der Waals surface area (Å²) in [6, 6.07) is 2.10. The summed E-state index contributed by atoms with van der Waals surface area (Å²) in [5.41, 5.74) is 4.07. The molecule has 0 atom stereocenters. The zero-order chi connectivity index (χ0) is 14.8. The summed E-state index contributed by atoms with van der Waals surface area (Å²) in [5.74, 6) is 0.746. The van der Waals surface area contributed by atoms with Gasteiger partial charge in [0.2, 0.25) is 0 Å². The Bertz CT molecular complexity index is 487. The normalized spacial score (nSPS) is 11.3. The van der Waals surface area contributed by atoms with Gasteiger partial charge >= 0.3 is 5.97 Å². The minimum Gasteiger partial charge on any atom is -0.496 e. The standard InChI is InChI=1S/C16H24O3/c1-10-8-13(9-16(4,5)15(17)19-7)11(2)12(3)14(10)18-6/h8H,9H2,1-7H3. The highest BCUT2D eigenvalue weighted by Gasteiger charge is 2.30. The minimum absolute atomic E-state index is 0.182. The Hall–Kier alpha value is -1.51. The van der Waals surface area contributed by atoms with Crippen molar-refractivity contribution in [2.45, 2.75) is 41.0 Å². The van der Waals surface area contributed by atoms with Gasteiger partial charge in [0.05, 0.1) is 19.6 Å². The quantitative estimate of drug-likeness (QED) is 0.782. The molecule has 0 saturated carbocycles. The molecule has 1 aromatic rings. The second-order valence-electron chi connectivity index (χ2n) is 5.69. The summed E-state index contributed by atoms with van der Waals surface area (Å²) >= 11 is 0. The minimum atomic E-state index is -0.521. The van der Waals surface area contributed by atoms with Crippen LogP contribution in [-0.4, -0.2) is 20.2 Å². The molecule has 0 amide bonds. The van der Waals surface area contributed by atoms with Crippen LogP contribution in [0.3, 0.4) is 0 Å². The molecule has 0 unspecified atom stereocenters. The third-order valence-electron chi connectivity index (χ3n) is 3.71. The molecule has 0 N–H and O–H groups in total. The molecule has 0 aliphatic heterocycles. The second kappa shape index (κ2) is 5.64. The summed E-state index contributed by atoms with van der Waals surface area (Å²) in [6.45, 7) is 9.97. The average molecular weight is 264 g/mol. The van der Waals surface area contributed by atoms with E-state index in [0.29, 0.717) is 6.42 Å². The van der Waals surface area contributed by atoms with Crippen LogP contribution in [0, 0.1) is 26.2 Å². The number of hydrogen-bond acceptors (Lipinski definition) is 3. The monoisotopic (exact) mass is 264 g/mol. The van der Waals surface area contributed by atoms with Crippen molar-refractivity contribution >= 4 is 5.97 Å². The van der Waals surface area contributed by atoms with Crippen LogP contribution in [0.25, 0.3) is 0 Å². The van der Waals surface area contributed by atoms with Crippen molar-refractivity contribution in [3.63, 3.8) is 0 Å². The number of aryl methyl sites for hydroxylation is 1. The molecule has 0 spiro atoms. The lowest BCUT2D eigenvalue weighted by Gasteiger charge is -2.24. The van der Waals surface area contributed by atoms with E-state index in [1.54, 1.807) is 7.11 Å². The highest BCUT2D eigenvalue weighted by molar-refractivity contribution is 5.76. The lowest BCUT2D eigenvalue weighted by atomic mass is 9.83. The summed E-state index contributed by atoms with van der Waals surface area (Å²) in [5, 5.41) is 0. The van der Waals surface area contributed by atoms with Crippen LogP contribution in [0.1, 0.15) is 36.1 Å². The van der Waals surface area contributed by atoms with Gasteiger partial charge in [-0.2, -0.15) is 0 Å². The number of methoxy groups -OCH3 is 2. The number of rotatable bonds is 4. The van der Waals surface area contributed by atoms with Crippen molar-refractivity contribution < 1.29 is 14.3 Å². The van der Waals surface area contributed by atoms with Crippen LogP contribution in [0.4, 0.5) is 0 Å². The molecule has 0 aliphatic rings. The molecule has 3 nitrogen and oxygen atoms in total. The van der Waals surface area contributed by atoms with Gasteiger partial charge in [0.15, 0.2) is 0 Å². The van der Waals surface area contributed by atoms with Crippen LogP contribution in [0.15, 0.2) is 6.07 Å². The lowest BCUT2D eigenvalue weighted by Crippen LogP contribution is -2.28. The molecule has 1 rings (SSSR count). The second-order valence-corrected chi connectivity index (χ2v) is 5.69. The Morgan fingerprint density at radius 3 is 2.21 bits per heavy atom. The van der Waals surface area contributed by atoms with Gasteiger partial charge in [0.25, 0.3) is 0 Å². The van der Waals surface area contributed by atoms with Crippen LogP contribution in [-0.2, 0) is 16.0 Å². The molecule has 0 bridgehead atoms. The van der Waals surface area contributed by atoms with Crippen molar-refractivity contribution in [2.24, 2.45) is 5.41 Å². The van der Waals surface area contributed by atoms with Gasteiger partial charge in [-0.3, -0.25) is 4.79 Å². The zero-order valence-electron chi connectivity index (χ0n) is 13.0. The fourth-order valence-electron chi connectivity index (χ4n) is 2.46. The maximum atomic E-state index is 11.8. The van der Waals surface area contributed by atoms with Crippen molar-refractivity contribution in [1.29, 1.82) is 0 Å². The van der Waals surface area contributed by atoms with Crippen molar-refractivity contribution in [2.75, 3.05) is 14.2 Å². The highest BCUT2D eigenvalue weighted by atomic mass is 16.5. The van der Waals surface area contributed by atoms with Crippen molar-refractivity contribution in [3.8, 4) is 5.75 Å². The fourth-order valence-corrected chi connectivity index (χ4v) is 2.46.